The Labute approximate surface area is 159 Å². The zero-order chi connectivity index (χ0) is 18.7. The minimum atomic E-state index is -1.61. The first-order chi connectivity index (χ1) is 12.3. The molecule has 0 atom stereocenters. The third-order valence-electron chi connectivity index (χ3n) is 3.87. The second-order valence-corrected chi connectivity index (χ2v) is 12.7. The molecule has 0 saturated carbocycles. The number of nitrogens with zero attached hydrogens (tertiary/aromatic N) is 1. The normalized spacial score (nSPS) is 12.2. The molecule has 0 spiro atoms. The van der Waals surface area contributed by atoms with E-state index in [-0.39, 0.29) is 5.91 Å². The quantitative estimate of drug-likeness (QED) is 0.460. The number of aromatic nitrogens is 1. The molecule has 1 heterocycles. The van der Waals surface area contributed by atoms with Gasteiger partial charge in [0, 0.05) is 17.2 Å². The molecule has 0 radical (unpaired) electrons. The fraction of sp³-hybridized carbons (Fsp3) is 0.143. The number of fused-ring (bicyclic) bond motifs is 1. The van der Waals surface area contributed by atoms with Gasteiger partial charge in [-0.15, -0.1) is 0 Å². The number of hydrogen-bond acceptors (Lipinski definition) is 2. The van der Waals surface area contributed by atoms with Crippen LogP contribution in [0.1, 0.15) is 5.56 Å². The highest BCUT2D eigenvalue weighted by molar-refractivity contribution is 6.82. The van der Waals surface area contributed by atoms with Crippen molar-refractivity contribution in [3.63, 3.8) is 0 Å². The molecular weight excluding hydrogens is 360 g/mol. The second-order valence-electron chi connectivity index (χ2n) is 7.24. The monoisotopic (exact) mass is 380 g/mol. The zero-order valence-corrected chi connectivity index (χ0v) is 16.8. The van der Waals surface area contributed by atoms with Crippen molar-refractivity contribution < 1.29 is 4.79 Å². The van der Waals surface area contributed by atoms with Gasteiger partial charge < -0.3 is 5.32 Å². The summed E-state index contributed by atoms with van der Waals surface area (Å²) in [5, 5.41) is 4.47. The minimum Gasteiger partial charge on any atom is -0.320 e. The van der Waals surface area contributed by atoms with Crippen LogP contribution < -0.4 is 5.32 Å². The number of pyridine rings is 1. The topological polar surface area (TPSA) is 42.0 Å². The van der Waals surface area contributed by atoms with Gasteiger partial charge in [0.1, 0.15) is 0 Å². The summed E-state index contributed by atoms with van der Waals surface area (Å²) in [6, 6.07) is 17.1. The van der Waals surface area contributed by atoms with Crippen molar-refractivity contribution in [3.05, 3.63) is 77.1 Å². The van der Waals surface area contributed by atoms with E-state index >= 15 is 0 Å². The van der Waals surface area contributed by atoms with Crippen LogP contribution in [0.5, 0.6) is 0 Å². The van der Waals surface area contributed by atoms with Gasteiger partial charge in [0.2, 0.25) is 0 Å². The SMILES string of the molecule is C[Si](C)(C)/C=C(/C(=O)Nc1ccc(Cl)c2cccnc12)c1ccccc1. The molecule has 0 aliphatic heterocycles. The fourth-order valence-corrected chi connectivity index (χ4v) is 4.14. The Morgan fingerprint density at radius 2 is 1.77 bits per heavy atom. The van der Waals surface area contributed by atoms with Crippen LogP contribution in [-0.2, 0) is 4.79 Å². The molecule has 1 amide bonds. The van der Waals surface area contributed by atoms with Crippen LogP contribution in [0, 0.1) is 0 Å². The van der Waals surface area contributed by atoms with Crippen LogP contribution in [0.15, 0.2) is 66.5 Å². The van der Waals surface area contributed by atoms with Crippen molar-refractivity contribution in [3.8, 4) is 0 Å². The number of rotatable bonds is 4. The van der Waals surface area contributed by atoms with E-state index in [9.17, 15) is 4.79 Å². The second kappa shape index (κ2) is 7.44. The maximum Gasteiger partial charge on any atom is 0.255 e. The molecule has 1 N–H and O–H groups in total. The summed E-state index contributed by atoms with van der Waals surface area (Å²) in [5.74, 6) is -0.132. The van der Waals surface area contributed by atoms with Gasteiger partial charge in [0.05, 0.1) is 24.3 Å². The van der Waals surface area contributed by atoms with Crippen molar-refractivity contribution in [2.75, 3.05) is 5.32 Å². The van der Waals surface area contributed by atoms with Gasteiger partial charge in [-0.3, -0.25) is 9.78 Å². The predicted octanol–water partition coefficient (Wildman–Crippen LogP) is 5.79. The summed E-state index contributed by atoms with van der Waals surface area (Å²) in [6.07, 6.45) is 1.70. The van der Waals surface area contributed by atoms with Gasteiger partial charge in [-0.1, -0.05) is 67.3 Å². The third kappa shape index (κ3) is 4.21. The van der Waals surface area contributed by atoms with E-state index < -0.39 is 8.07 Å². The van der Waals surface area contributed by atoms with Crippen molar-refractivity contribution in [1.82, 2.24) is 4.98 Å². The van der Waals surface area contributed by atoms with Crippen molar-refractivity contribution in [2.45, 2.75) is 19.6 Å². The zero-order valence-electron chi connectivity index (χ0n) is 15.1. The number of halogens is 1. The summed E-state index contributed by atoms with van der Waals surface area (Å²) in [6.45, 7) is 6.63. The molecule has 3 rings (SSSR count). The summed E-state index contributed by atoms with van der Waals surface area (Å²) in [4.78, 5) is 17.5. The number of carbonyl (C=O) groups excluding carboxylic acids is 1. The molecule has 3 aromatic rings. The highest BCUT2D eigenvalue weighted by Gasteiger charge is 2.19. The van der Waals surface area contributed by atoms with Gasteiger partial charge in [0.15, 0.2) is 0 Å². The van der Waals surface area contributed by atoms with Crippen LogP contribution >= 0.6 is 11.6 Å². The average molecular weight is 381 g/mol. The molecule has 5 heteroatoms. The van der Waals surface area contributed by atoms with Gasteiger partial charge in [-0.05, 0) is 29.8 Å². The molecule has 0 saturated heterocycles. The standard InChI is InChI=1S/C21H21ClN2OSi/c1-26(2,3)14-17(15-8-5-4-6-9-15)21(25)24-19-12-11-18(22)16-10-7-13-23-20(16)19/h4-14H,1-3H3,(H,24,25)/b17-14+. The van der Waals surface area contributed by atoms with E-state index in [2.05, 4.69) is 35.6 Å². The van der Waals surface area contributed by atoms with E-state index in [0.29, 0.717) is 21.8 Å². The van der Waals surface area contributed by atoms with Crippen LogP contribution in [0.25, 0.3) is 16.5 Å². The third-order valence-corrected chi connectivity index (χ3v) is 5.36. The lowest BCUT2D eigenvalue weighted by Crippen LogP contribution is -2.21. The first kappa shape index (κ1) is 18.4. The smallest absolute Gasteiger partial charge is 0.255 e. The largest absolute Gasteiger partial charge is 0.320 e. The molecule has 0 aliphatic carbocycles. The highest BCUT2D eigenvalue weighted by Crippen LogP contribution is 2.29. The first-order valence-corrected chi connectivity index (χ1v) is 12.4. The van der Waals surface area contributed by atoms with Crippen LogP contribution in [-0.4, -0.2) is 19.0 Å². The van der Waals surface area contributed by atoms with Crippen molar-refractivity contribution in [2.24, 2.45) is 0 Å². The number of hydrogen-bond donors (Lipinski definition) is 1. The van der Waals surface area contributed by atoms with Crippen LogP contribution in [0.4, 0.5) is 5.69 Å². The van der Waals surface area contributed by atoms with Crippen LogP contribution in [0.2, 0.25) is 24.7 Å². The fourth-order valence-electron chi connectivity index (χ4n) is 2.76. The average Bonchev–Trinajstić information content (AvgIpc) is 2.62. The molecule has 2 aromatic carbocycles. The Bertz CT molecular complexity index is 978. The predicted molar refractivity (Wildman–Crippen MR) is 113 cm³/mol. The Hall–Kier alpha value is -2.43. The summed E-state index contributed by atoms with van der Waals surface area (Å²) >= 11 is 6.25. The molecule has 0 unspecified atom stereocenters. The minimum absolute atomic E-state index is 0.132. The number of amides is 1. The molecular formula is C21H21ClN2OSi. The molecule has 26 heavy (non-hydrogen) atoms. The Morgan fingerprint density at radius 3 is 2.46 bits per heavy atom. The first-order valence-electron chi connectivity index (χ1n) is 8.48. The summed E-state index contributed by atoms with van der Waals surface area (Å²) in [5.41, 5.74) is 5.09. The molecule has 3 nitrogen and oxygen atoms in total. The Balaban J connectivity index is 2.02. The van der Waals surface area contributed by atoms with E-state index in [1.54, 1.807) is 18.3 Å². The highest BCUT2D eigenvalue weighted by atomic mass is 35.5. The molecule has 1 aromatic heterocycles. The number of anilines is 1. The Kier molecular flexibility index (Phi) is 5.25. The maximum atomic E-state index is 13.1. The molecule has 0 fully saturated rings. The van der Waals surface area contributed by atoms with Gasteiger partial charge in [0.25, 0.3) is 5.91 Å². The van der Waals surface area contributed by atoms with Gasteiger partial charge >= 0.3 is 0 Å². The summed E-state index contributed by atoms with van der Waals surface area (Å²) in [7, 11) is -1.61. The molecule has 0 bridgehead atoms. The van der Waals surface area contributed by atoms with Crippen LogP contribution in [0.3, 0.4) is 0 Å². The number of nitrogens with one attached hydrogen (secondary N) is 1. The Morgan fingerprint density at radius 1 is 1.04 bits per heavy atom. The van der Waals surface area contributed by atoms with Crippen molar-refractivity contribution in [1.29, 1.82) is 0 Å². The molecule has 0 aliphatic rings. The maximum absolute atomic E-state index is 13.1. The van der Waals surface area contributed by atoms with E-state index in [0.717, 1.165) is 10.9 Å². The van der Waals surface area contributed by atoms with E-state index in [1.807, 2.05) is 42.5 Å². The summed E-state index contributed by atoms with van der Waals surface area (Å²) < 4.78 is 0. The lowest BCUT2D eigenvalue weighted by atomic mass is 10.1. The van der Waals surface area contributed by atoms with Crippen molar-refractivity contribution >= 4 is 47.7 Å². The lowest BCUT2D eigenvalue weighted by Gasteiger charge is -2.16. The van der Waals surface area contributed by atoms with Gasteiger partial charge in [-0.2, -0.15) is 0 Å². The van der Waals surface area contributed by atoms with E-state index in [1.165, 1.54) is 0 Å². The number of carbonyl (C=O) groups is 1. The number of benzene rings is 2. The molecule has 132 valence electrons. The van der Waals surface area contributed by atoms with Gasteiger partial charge in [-0.25, -0.2) is 0 Å². The van der Waals surface area contributed by atoms with E-state index in [4.69, 9.17) is 11.6 Å². The lowest BCUT2D eigenvalue weighted by molar-refractivity contribution is -0.111.